The summed E-state index contributed by atoms with van der Waals surface area (Å²) in [5.41, 5.74) is 1.19. The van der Waals surface area contributed by atoms with Gasteiger partial charge in [0.2, 0.25) is 0 Å². The molecule has 1 atom stereocenters. The lowest BCUT2D eigenvalue weighted by molar-refractivity contribution is 0.112. The quantitative estimate of drug-likeness (QED) is 0.932. The highest BCUT2D eigenvalue weighted by Crippen LogP contribution is 2.30. The average Bonchev–Trinajstić information content (AvgIpc) is 2.93. The van der Waals surface area contributed by atoms with Crippen LogP contribution in [0.15, 0.2) is 24.3 Å². The predicted molar refractivity (Wildman–Crippen MR) is 84.6 cm³/mol. The van der Waals surface area contributed by atoms with Crippen molar-refractivity contribution in [1.29, 1.82) is 0 Å². The second kappa shape index (κ2) is 6.24. The number of nitrogens with zero attached hydrogens (tertiary/aromatic N) is 2. The molecule has 0 bridgehead atoms. The third-order valence-corrected chi connectivity index (χ3v) is 5.08. The number of hydrogen-bond acceptors (Lipinski definition) is 2. The van der Waals surface area contributed by atoms with Crippen molar-refractivity contribution in [3.63, 3.8) is 0 Å². The molecule has 2 aliphatic rings. The third kappa shape index (κ3) is 3.01. The second-order valence-corrected chi connectivity index (χ2v) is 6.30. The molecular weight excluding hydrogens is 286 g/mol. The minimum atomic E-state index is 0.104. The number of likely N-dealkylation sites (tertiary alicyclic amines) is 1. The van der Waals surface area contributed by atoms with Gasteiger partial charge in [-0.2, -0.15) is 0 Å². The van der Waals surface area contributed by atoms with Gasteiger partial charge in [-0.1, -0.05) is 29.8 Å². The van der Waals surface area contributed by atoms with Crippen molar-refractivity contribution in [2.75, 3.05) is 26.2 Å². The second-order valence-electron chi connectivity index (χ2n) is 5.89. The first kappa shape index (κ1) is 14.7. The van der Waals surface area contributed by atoms with E-state index in [1.165, 1.54) is 5.56 Å². The highest BCUT2D eigenvalue weighted by atomic mass is 35.5. The average molecular weight is 308 g/mol. The van der Waals surface area contributed by atoms with Crippen molar-refractivity contribution in [2.45, 2.75) is 31.8 Å². The molecule has 0 aromatic heterocycles. The molecule has 2 saturated heterocycles. The van der Waals surface area contributed by atoms with Gasteiger partial charge >= 0.3 is 6.03 Å². The van der Waals surface area contributed by atoms with Gasteiger partial charge in [0.1, 0.15) is 0 Å². The van der Waals surface area contributed by atoms with Crippen LogP contribution in [0.25, 0.3) is 0 Å². The van der Waals surface area contributed by atoms with Crippen LogP contribution < -0.4 is 5.32 Å². The lowest BCUT2D eigenvalue weighted by Crippen LogP contribution is -2.46. The first-order valence-electron chi connectivity index (χ1n) is 7.70. The molecule has 2 amide bonds. The van der Waals surface area contributed by atoms with Crippen LogP contribution in [0, 0.1) is 0 Å². The van der Waals surface area contributed by atoms with E-state index in [1.54, 1.807) is 0 Å². The molecule has 1 aromatic rings. The molecule has 0 radical (unpaired) electrons. The van der Waals surface area contributed by atoms with Gasteiger partial charge in [-0.25, -0.2) is 4.79 Å². The Balaban J connectivity index is 1.60. The number of urea groups is 1. The zero-order chi connectivity index (χ0) is 14.8. The maximum Gasteiger partial charge on any atom is 0.317 e. The Labute approximate surface area is 131 Å². The molecule has 21 heavy (non-hydrogen) atoms. The van der Waals surface area contributed by atoms with E-state index >= 15 is 0 Å². The van der Waals surface area contributed by atoms with Crippen LogP contribution in [0.1, 0.15) is 31.4 Å². The van der Waals surface area contributed by atoms with Gasteiger partial charge < -0.3 is 10.2 Å². The first-order chi connectivity index (χ1) is 10.2. The minimum absolute atomic E-state index is 0.104. The van der Waals surface area contributed by atoms with Gasteiger partial charge in [0.15, 0.2) is 0 Å². The molecule has 1 N–H and O–H groups in total. The number of amides is 2. The number of carbonyl (C=O) groups excluding carboxylic acids is 1. The molecule has 5 heteroatoms. The lowest BCUT2D eigenvalue weighted by Gasteiger charge is -2.39. The van der Waals surface area contributed by atoms with E-state index < -0.39 is 0 Å². The summed E-state index contributed by atoms with van der Waals surface area (Å²) in [5, 5.41) is 3.73. The van der Waals surface area contributed by atoms with Crippen molar-refractivity contribution in [2.24, 2.45) is 0 Å². The summed E-state index contributed by atoms with van der Waals surface area (Å²) < 4.78 is 0. The summed E-state index contributed by atoms with van der Waals surface area (Å²) in [7, 11) is 0. The van der Waals surface area contributed by atoms with Gasteiger partial charge in [-0.05, 0) is 31.4 Å². The van der Waals surface area contributed by atoms with E-state index in [-0.39, 0.29) is 6.03 Å². The van der Waals surface area contributed by atoms with Crippen molar-refractivity contribution >= 4 is 17.6 Å². The summed E-state index contributed by atoms with van der Waals surface area (Å²) in [4.78, 5) is 16.2. The Morgan fingerprint density at radius 1 is 1.24 bits per heavy atom. The molecule has 3 rings (SSSR count). The van der Waals surface area contributed by atoms with Crippen LogP contribution in [0.5, 0.6) is 0 Å². The van der Waals surface area contributed by atoms with E-state index in [0.717, 1.165) is 44.0 Å². The number of rotatable bonds is 3. The molecule has 0 unspecified atom stereocenters. The van der Waals surface area contributed by atoms with Crippen LogP contribution in [0.4, 0.5) is 4.79 Å². The zero-order valence-corrected chi connectivity index (χ0v) is 13.1. The van der Waals surface area contributed by atoms with E-state index in [9.17, 15) is 4.79 Å². The van der Waals surface area contributed by atoms with Crippen LogP contribution in [-0.2, 0) is 0 Å². The van der Waals surface area contributed by atoms with Crippen LogP contribution in [0.2, 0.25) is 5.02 Å². The van der Waals surface area contributed by atoms with Crippen molar-refractivity contribution in [3.8, 4) is 0 Å². The van der Waals surface area contributed by atoms with Gasteiger partial charge in [-0.3, -0.25) is 4.90 Å². The molecule has 114 valence electrons. The summed E-state index contributed by atoms with van der Waals surface area (Å²) in [6.45, 7) is 5.88. The number of hydrogen-bond donors (Lipinski definition) is 1. The predicted octanol–water partition coefficient (Wildman–Crippen LogP) is 2.89. The zero-order valence-electron chi connectivity index (χ0n) is 12.4. The molecule has 1 aromatic carbocycles. The number of halogens is 1. The fourth-order valence-electron chi connectivity index (χ4n) is 3.43. The van der Waals surface area contributed by atoms with E-state index in [2.05, 4.69) is 23.2 Å². The number of benzene rings is 1. The number of piperidine rings is 1. The van der Waals surface area contributed by atoms with Gasteiger partial charge in [0.25, 0.3) is 0 Å². The van der Waals surface area contributed by atoms with Crippen LogP contribution in [-0.4, -0.2) is 48.1 Å². The van der Waals surface area contributed by atoms with Gasteiger partial charge in [0, 0.05) is 43.3 Å². The Kier molecular flexibility index (Phi) is 4.36. The van der Waals surface area contributed by atoms with E-state index in [4.69, 9.17) is 11.6 Å². The smallest absolute Gasteiger partial charge is 0.317 e. The van der Waals surface area contributed by atoms with Crippen LogP contribution in [0.3, 0.4) is 0 Å². The molecular formula is C16H22ClN3O. The molecule has 0 aliphatic carbocycles. The third-order valence-electron chi connectivity index (χ3n) is 4.73. The first-order valence-corrected chi connectivity index (χ1v) is 8.07. The molecule has 0 spiro atoms. The fourth-order valence-corrected chi connectivity index (χ4v) is 3.72. The Morgan fingerprint density at radius 3 is 2.57 bits per heavy atom. The van der Waals surface area contributed by atoms with Gasteiger partial charge in [-0.15, -0.1) is 0 Å². The summed E-state index contributed by atoms with van der Waals surface area (Å²) in [6.07, 6.45) is 2.09. The van der Waals surface area contributed by atoms with Crippen LogP contribution >= 0.6 is 11.6 Å². The Hall–Kier alpha value is -1.26. The summed E-state index contributed by atoms with van der Waals surface area (Å²) >= 11 is 6.30. The summed E-state index contributed by atoms with van der Waals surface area (Å²) in [5.74, 6) is 0. The standard InChI is InChI=1S/C16H22ClN3O/c1-12(14-4-2-3-5-15(14)17)19-9-6-13(7-10-19)20-11-8-18-16(20)21/h2-5,12-13H,6-11H2,1H3,(H,18,21)/t12-/m1/s1. The van der Waals surface area contributed by atoms with E-state index in [0.29, 0.717) is 12.1 Å². The monoisotopic (exact) mass is 307 g/mol. The SMILES string of the molecule is C[C@H](c1ccccc1Cl)N1CCC(N2CCNC2=O)CC1. The molecule has 4 nitrogen and oxygen atoms in total. The highest BCUT2D eigenvalue weighted by Gasteiger charge is 2.32. The number of nitrogens with one attached hydrogen (secondary N) is 1. The molecule has 2 fully saturated rings. The normalized spacial score (nSPS) is 22.4. The van der Waals surface area contributed by atoms with Crippen molar-refractivity contribution < 1.29 is 4.79 Å². The largest absolute Gasteiger partial charge is 0.336 e. The maximum absolute atomic E-state index is 11.7. The van der Waals surface area contributed by atoms with E-state index in [1.807, 2.05) is 23.1 Å². The molecule has 2 heterocycles. The van der Waals surface area contributed by atoms with Crippen molar-refractivity contribution in [1.82, 2.24) is 15.1 Å². The molecule has 2 aliphatic heterocycles. The highest BCUT2D eigenvalue weighted by molar-refractivity contribution is 6.31. The minimum Gasteiger partial charge on any atom is -0.336 e. The Bertz CT molecular complexity index is 514. The van der Waals surface area contributed by atoms with Gasteiger partial charge in [0.05, 0.1) is 0 Å². The fraction of sp³-hybridized carbons (Fsp3) is 0.562. The summed E-state index contributed by atoms with van der Waals surface area (Å²) in [6, 6.07) is 8.89. The topological polar surface area (TPSA) is 35.6 Å². The maximum atomic E-state index is 11.7. The molecule has 0 saturated carbocycles. The number of carbonyl (C=O) groups is 1. The van der Waals surface area contributed by atoms with Crippen molar-refractivity contribution in [3.05, 3.63) is 34.9 Å². The lowest BCUT2D eigenvalue weighted by atomic mass is 9.99. The Morgan fingerprint density at radius 2 is 1.95 bits per heavy atom.